The van der Waals surface area contributed by atoms with Crippen LogP contribution in [0.15, 0.2) is 76.9 Å². The maximum absolute atomic E-state index is 13.4. The van der Waals surface area contributed by atoms with E-state index in [9.17, 15) is 14.4 Å². The average Bonchev–Trinajstić information content (AvgIpc) is 3.29. The van der Waals surface area contributed by atoms with Gasteiger partial charge in [0, 0.05) is 23.6 Å². The average molecular weight is 548 g/mol. The van der Waals surface area contributed by atoms with E-state index >= 15 is 0 Å². The summed E-state index contributed by atoms with van der Waals surface area (Å²) in [6.45, 7) is 0.532. The van der Waals surface area contributed by atoms with Gasteiger partial charge in [-0.3, -0.25) is 4.79 Å². The fourth-order valence-electron chi connectivity index (χ4n) is 3.81. The Labute approximate surface area is 216 Å². The van der Waals surface area contributed by atoms with Crippen LogP contribution in [0.25, 0.3) is 17.0 Å². The van der Waals surface area contributed by atoms with Crippen LogP contribution in [0.5, 0.6) is 11.5 Å². The molecule has 1 heterocycles. The van der Waals surface area contributed by atoms with E-state index in [0.29, 0.717) is 40.1 Å². The number of aromatic nitrogens is 1. The second-order valence-electron chi connectivity index (χ2n) is 7.99. The number of rotatable bonds is 9. The van der Waals surface area contributed by atoms with E-state index < -0.39 is 5.91 Å². The molecule has 0 atom stereocenters. The molecule has 36 heavy (non-hydrogen) atoms. The molecule has 182 valence electrons. The molecule has 6 nitrogen and oxygen atoms in total. The number of ether oxygens (including phenoxy) is 2. The highest BCUT2D eigenvalue weighted by molar-refractivity contribution is 9.10. The van der Waals surface area contributed by atoms with Gasteiger partial charge >= 0.3 is 0 Å². The van der Waals surface area contributed by atoms with Gasteiger partial charge in [0.2, 0.25) is 0 Å². The number of nitrogens with zero attached hydrogens (tertiary/aromatic N) is 1. The monoisotopic (exact) mass is 547 g/mol. The predicted molar refractivity (Wildman–Crippen MR) is 140 cm³/mol. The molecule has 0 radical (unpaired) electrons. The van der Waals surface area contributed by atoms with E-state index in [4.69, 9.17) is 9.47 Å². The summed E-state index contributed by atoms with van der Waals surface area (Å²) in [5.41, 5.74) is 3.36. The number of amides is 1. The van der Waals surface area contributed by atoms with Crippen LogP contribution in [0.1, 0.15) is 16.7 Å². The first-order chi connectivity index (χ1) is 17.5. The van der Waals surface area contributed by atoms with Crippen molar-refractivity contribution >= 4 is 38.8 Å². The van der Waals surface area contributed by atoms with Crippen molar-refractivity contribution in [1.29, 1.82) is 5.26 Å². The van der Waals surface area contributed by atoms with Crippen LogP contribution >= 0.6 is 15.9 Å². The summed E-state index contributed by atoms with van der Waals surface area (Å²) in [5, 5.41) is 13.5. The van der Waals surface area contributed by atoms with Crippen LogP contribution in [-0.2, 0) is 17.8 Å². The van der Waals surface area contributed by atoms with E-state index in [1.165, 1.54) is 25.3 Å². The van der Waals surface area contributed by atoms with Gasteiger partial charge in [-0.1, -0.05) is 30.3 Å². The second-order valence-corrected chi connectivity index (χ2v) is 8.84. The summed E-state index contributed by atoms with van der Waals surface area (Å²) in [6.07, 6.45) is 4.05. The van der Waals surface area contributed by atoms with Gasteiger partial charge in [-0.2, -0.15) is 5.26 Å². The lowest BCUT2D eigenvalue weighted by Gasteiger charge is -2.14. The van der Waals surface area contributed by atoms with Crippen LogP contribution in [-0.4, -0.2) is 24.5 Å². The number of H-pyrrole nitrogens is 1. The highest BCUT2D eigenvalue weighted by atomic mass is 79.9. The van der Waals surface area contributed by atoms with Gasteiger partial charge in [0.25, 0.3) is 5.91 Å². The van der Waals surface area contributed by atoms with Gasteiger partial charge < -0.3 is 19.8 Å². The third-order valence-corrected chi connectivity index (χ3v) is 6.14. The fourth-order valence-corrected chi connectivity index (χ4v) is 4.38. The highest BCUT2D eigenvalue weighted by Crippen LogP contribution is 2.37. The zero-order chi connectivity index (χ0) is 25.5. The van der Waals surface area contributed by atoms with Crippen molar-refractivity contribution in [3.63, 3.8) is 0 Å². The van der Waals surface area contributed by atoms with Gasteiger partial charge in [-0.15, -0.1) is 0 Å². The molecule has 1 aromatic heterocycles. The van der Waals surface area contributed by atoms with Crippen LogP contribution in [0.3, 0.4) is 0 Å². The second kappa shape index (κ2) is 11.6. The lowest BCUT2D eigenvalue weighted by Crippen LogP contribution is -2.26. The summed E-state index contributed by atoms with van der Waals surface area (Å²) < 4.78 is 25.3. The molecular weight excluding hydrogens is 525 g/mol. The van der Waals surface area contributed by atoms with Gasteiger partial charge in [0.05, 0.1) is 11.6 Å². The Morgan fingerprint density at radius 2 is 2.03 bits per heavy atom. The van der Waals surface area contributed by atoms with Crippen LogP contribution < -0.4 is 14.8 Å². The van der Waals surface area contributed by atoms with Gasteiger partial charge in [-0.25, -0.2) is 4.39 Å². The fraction of sp³-hybridized carbons (Fsp3) is 0.143. The van der Waals surface area contributed by atoms with Gasteiger partial charge in [0.1, 0.15) is 24.1 Å². The molecule has 4 aromatic rings. The van der Waals surface area contributed by atoms with Crippen LogP contribution in [0.4, 0.5) is 4.39 Å². The molecule has 0 aliphatic heterocycles. The Balaban J connectivity index is 1.44. The smallest absolute Gasteiger partial charge is 0.261 e. The van der Waals surface area contributed by atoms with Crippen molar-refractivity contribution in [2.75, 3.05) is 13.7 Å². The van der Waals surface area contributed by atoms with Crippen molar-refractivity contribution in [3.05, 3.63) is 99.4 Å². The molecule has 0 fully saturated rings. The number of nitrogens with one attached hydrogen (secondary N) is 2. The largest absolute Gasteiger partial charge is 0.493 e. The topological polar surface area (TPSA) is 87.1 Å². The Hall–Kier alpha value is -4.09. The number of carbonyl (C=O) groups excluding carboxylic acids is 1. The summed E-state index contributed by atoms with van der Waals surface area (Å²) in [6, 6.07) is 19.5. The number of benzene rings is 3. The molecule has 0 aliphatic rings. The Bertz CT molecular complexity index is 1470. The summed E-state index contributed by atoms with van der Waals surface area (Å²) in [7, 11) is 1.49. The zero-order valence-electron chi connectivity index (χ0n) is 19.5. The number of nitriles is 1. The lowest BCUT2D eigenvalue weighted by atomic mass is 10.1. The Morgan fingerprint density at radius 3 is 2.81 bits per heavy atom. The number of methoxy groups -OCH3 is 1. The minimum atomic E-state index is -0.459. The summed E-state index contributed by atoms with van der Waals surface area (Å²) in [5.74, 6) is 0.0369. The first-order valence-corrected chi connectivity index (χ1v) is 12.0. The molecular formula is C28H23BrFN3O3. The molecule has 3 aromatic carbocycles. The van der Waals surface area contributed by atoms with E-state index in [1.807, 2.05) is 36.5 Å². The lowest BCUT2D eigenvalue weighted by molar-refractivity contribution is -0.117. The number of fused-ring (bicyclic) bond motifs is 1. The molecule has 0 unspecified atom stereocenters. The van der Waals surface area contributed by atoms with E-state index in [0.717, 1.165) is 16.5 Å². The summed E-state index contributed by atoms with van der Waals surface area (Å²) in [4.78, 5) is 15.9. The highest BCUT2D eigenvalue weighted by Gasteiger charge is 2.14. The quantitative estimate of drug-likeness (QED) is 0.201. The number of para-hydroxylation sites is 1. The van der Waals surface area contributed by atoms with E-state index in [-0.39, 0.29) is 18.0 Å². The number of carbonyl (C=O) groups is 1. The molecule has 1 amide bonds. The van der Waals surface area contributed by atoms with Crippen molar-refractivity contribution in [1.82, 2.24) is 10.3 Å². The number of halogens is 2. The van der Waals surface area contributed by atoms with Crippen LogP contribution in [0.2, 0.25) is 0 Å². The summed E-state index contributed by atoms with van der Waals surface area (Å²) >= 11 is 3.46. The van der Waals surface area contributed by atoms with Crippen molar-refractivity contribution in [2.24, 2.45) is 0 Å². The molecule has 0 saturated carbocycles. The van der Waals surface area contributed by atoms with E-state index in [2.05, 4.69) is 26.2 Å². The molecule has 0 saturated heterocycles. The maximum Gasteiger partial charge on any atom is 0.261 e. The van der Waals surface area contributed by atoms with E-state index in [1.54, 1.807) is 24.3 Å². The van der Waals surface area contributed by atoms with Crippen molar-refractivity contribution in [2.45, 2.75) is 13.0 Å². The number of aromatic amines is 1. The first-order valence-electron chi connectivity index (χ1n) is 11.2. The Kier molecular flexibility index (Phi) is 8.03. The molecule has 8 heteroatoms. The first kappa shape index (κ1) is 25.0. The van der Waals surface area contributed by atoms with Crippen LogP contribution in [0, 0.1) is 17.1 Å². The molecule has 4 rings (SSSR count). The standard InChI is InChI=1S/C28H23BrFN3O3/c1-35-26-14-19(13-24(29)27(26)36-17-18-5-4-6-22(30)12-18)11-21(15-31)28(34)32-10-9-20-16-33-25-8-3-2-7-23(20)25/h2-8,11-14,16,33H,9-10,17H2,1H3,(H,32,34)/b21-11-. The third kappa shape index (κ3) is 5.93. The Morgan fingerprint density at radius 1 is 1.19 bits per heavy atom. The van der Waals surface area contributed by atoms with Crippen molar-refractivity contribution < 1.29 is 18.7 Å². The SMILES string of the molecule is COc1cc(/C=C(/C#N)C(=O)NCCc2c[nH]c3ccccc23)cc(Br)c1OCc1cccc(F)c1. The number of hydrogen-bond donors (Lipinski definition) is 2. The maximum atomic E-state index is 13.4. The zero-order valence-corrected chi connectivity index (χ0v) is 21.1. The molecule has 0 aliphatic carbocycles. The molecule has 0 bridgehead atoms. The minimum Gasteiger partial charge on any atom is -0.493 e. The van der Waals surface area contributed by atoms with Gasteiger partial charge in [-0.05, 0) is 75.4 Å². The third-order valence-electron chi connectivity index (χ3n) is 5.55. The van der Waals surface area contributed by atoms with Gasteiger partial charge in [0.15, 0.2) is 11.5 Å². The van der Waals surface area contributed by atoms with Crippen molar-refractivity contribution in [3.8, 4) is 17.6 Å². The normalized spacial score (nSPS) is 11.2. The number of hydrogen-bond acceptors (Lipinski definition) is 4. The minimum absolute atomic E-state index is 0.0312. The predicted octanol–water partition coefficient (Wildman–Crippen LogP) is 5.92. The molecule has 2 N–H and O–H groups in total. The molecule has 0 spiro atoms.